The third-order valence-corrected chi connectivity index (χ3v) is 1.39. The zero-order chi connectivity index (χ0) is 9.61. The SMILES string of the molecule is CC=CCC(CC)OC(F)(F)F. The molecule has 0 spiro atoms. The van der Waals surface area contributed by atoms with Gasteiger partial charge in [-0.15, -0.1) is 13.2 Å². The van der Waals surface area contributed by atoms with E-state index in [4.69, 9.17) is 0 Å². The third kappa shape index (κ3) is 6.22. The molecule has 0 rings (SSSR count). The fourth-order valence-electron chi connectivity index (χ4n) is 0.775. The fourth-order valence-corrected chi connectivity index (χ4v) is 0.775. The largest absolute Gasteiger partial charge is 0.522 e. The van der Waals surface area contributed by atoms with Gasteiger partial charge in [-0.3, -0.25) is 4.74 Å². The van der Waals surface area contributed by atoms with E-state index in [2.05, 4.69) is 4.74 Å². The van der Waals surface area contributed by atoms with Crippen molar-refractivity contribution >= 4 is 0 Å². The molecule has 0 N–H and O–H groups in total. The Bertz CT molecular complexity index is 140. The number of alkyl halides is 3. The molecule has 4 heteroatoms. The van der Waals surface area contributed by atoms with Crippen molar-refractivity contribution in [1.29, 1.82) is 0 Å². The molecular weight excluding hydrogens is 169 g/mol. The maximum atomic E-state index is 11.7. The van der Waals surface area contributed by atoms with Crippen molar-refractivity contribution in [3.05, 3.63) is 12.2 Å². The zero-order valence-electron chi connectivity index (χ0n) is 7.19. The van der Waals surface area contributed by atoms with Gasteiger partial charge in [0.2, 0.25) is 0 Å². The lowest BCUT2D eigenvalue weighted by Crippen LogP contribution is -2.22. The van der Waals surface area contributed by atoms with Crippen molar-refractivity contribution in [2.75, 3.05) is 0 Å². The monoisotopic (exact) mass is 182 g/mol. The standard InChI is InChI=1S/C8H13F3O/c1-3-5-6-7(4-2)12-8(9,10)11/h3,5,7H,4,6H2,1-2H3. The van der Waals surface area contributed by atoms with E-state index >= 15 is 0 Å². The lowest BCUT2D eigenvalue weighted by atomic mass is 10.2. The number of rotatable bonds is 4. The predicted octanol–water partition coefficient (Wildman–Crippen LogP) is 3.27. The molecule has 0 fully saturated rings. The molecule has 0 bridgehead atoms. The molecule has 0 radical (unpaired) electrons. The van der Waals surface area contributed by atoms with Crippen LogP contribution in [0.25, 0.3) is 0 Å². The van der Waals surface area contributed by atoms with Gasteiger partial charge in [-0.1, -0.05) is 19.1 Å². The summed E-state index contributed by atoms with van der Waals surface area (Å²) >= 11 is 0. The molecule has 0 saturated carbocycles. The van der Waals surface area contributed by atoms with Crippen molar-refractivity contribution in [1.82, 2.24) is 0 Å². The van der Waals surface area contributed by atoms with Gasteiger partial charge in [0, 0.05) is 0 Å². The third-order valence-electron chi connectivity index (χ3n) is 1.39. The summed E-state index contributed by atoms with van der Waals surface area (Å²) in [5, 5.41) is 0. The van der Waals surface area contributed by atoms with E-state index in [0.29, 0.717) is 12.8 Å². The van der Waals surface area contributed by atoms with Crippen LogP contribution in [0.3, 0.4) is 0 Å². The van der Waals surface area contributed by atoms with Crippen LogP contribution in [0.5, 0.6) is 0 Å². The Kier molecular flexibility index (Phi) is 4.97. The van der Waals surface area contributed by atoms with Crippen molar-refractivity contribution < 1.29 is 17.9 Å². The van der Waals surface area contributed by atoms with Gasteiger partial charge in [0.05, 0.1) is 6.10 Å². The Hall–Kier alpha value is -0.510. The van der Waals surface area contributed by atoms with E-state index in [-0.39, 0.29) is 0 Å². The molecule has 0 amide bonds. The van der Waals surface area contributed by atoms with Gasteiger partial charge in [0.15, 0.2) is 0 Å². The predicted molar refractivity (Wildman–Crippen MR) is 40.7 cm³/mol. The van der Waals surface area contributed by atoms with E-state index in [1.165, 1.54) is 0 Å². The smallest absolute Gasteiger partial charge is 0.288 e. The van der Waals surface area contributed by atoms with Crippen LogP contribution >= 0.6 is 0 Å². The van der Waals surface area contributed by atoms with Crippen LogP contribution in [0, 0.1) is 0 Å². The first-order chi connectivity index (χ1) is 5.49. The number of hydrogen-bond acceptors (Lipinski definition) is 1. The summed E-state index contributed by atoms with van der Waals surface area (Å²) in [5.41, 5.74) is 0. The lowest BCUT2D eigenvalue weighted by Gasteiger charge is -2.15. The molecule has 0 aromatic heterocycles. The van der Waals surface area contributed by atoms with Gasteiger partial charge in [0.25, 0.3) is 0 Å². The zero-order valence-corrected chi connectivity index (χ0v) is 7.19. The summed E-state index contributed by atoms with van der Waals surface area (Å²) in [6, 6.07) is 0. The van der Waals surface area contributed by atoms with Gasteiger partial charge >= 0.3 is 6.36 Å². The number of allylic oxidation sites excluding steroid dienone is 1. The van der Waals surface area contributed by atoms with E-state index in [1.807, 2.05) is 0 Å². The Labute approximate surface area is 70.2 Å². The topological polar surface area (TPSA) is 9.23 Å². The van der Waals surface area contributed by atoms with Gasteiger partial charge in [-0.25, -0.2) is 0 Å². The Morgan fingerprint density at radius 3 is 2.33 bits per heavy atom. The molecule has 0 heterocycles. The lowest BCUT2D eigenvalue weighted by molar-refractivity contribution is -0.342. The summed E-state index contributed by atoms with van der Waals surface area (Å²) in [5.74, 6) is 0. The number of halogens is 3. The first-order valence-corrected chi connectivity index (χ1v) is 3.85. The van der Waals surface area contributed by atoms with Crippen molar-refractivity contribution in [3.63, 3.8) is 0 Å². The minimum Gasteiger partial charge on any atom is -0.288 e. The number of hydrogen-bond donors (Lipinski definition) is 0. The molecular formula is C8H13F3O. The van der Waals surface area contributed by atoms with E-state index < -0.39 is 12.5 Å². The highest BCUT2D eigenvalue weighted by Crippen LogP contribution is 2.21. The van der Waals surface area contributed by atoms with E-state index in [1.54, 1.807) is 26.0 Å². The van der Waals surface area contributed by atoms with E-state index in [0.717, 1.165) is 0 Å². The Balaban J connectivity index is 3.83. The van der Waals surface area contributed by atoms with Gasteiger partial charge in [-0.05, 0) is 19.8 Å². The molecule has 1 unspecified atom stereocenters. The molecule has 0 aromatic carbocycles. The highest BCUT2D eigenvalue weighted by molar-refractivity contribution is 4.80. The van der Waals surface area contributed by atoms with Gasteiger partial charge in [0.1, 0.15) is 0 Å². The molecule has 1 atom stereocenters. The fraction of sp³-hybridized carbons (Fsp3) is 0.750. The van der Waals surface area contributed by atoms with Crippen LogP contribution in [0.15, 0.2) is 12.2 Å². The molecule has 1 nitrogen and oxygen atoms in total. The van der Waals surface area contributed by atoms with Crippen LogP contribution in [-0.2, 0) is 4.74 Å². The average Bonchev–Trinajstić information content (AvgIpc) is 1.95. The van der Waals surface area contributed by atoms with Gasteiger partial charge < -0.3 is 0 Å². The molecule has 0 aliphatic rings. The maximum absolute atomic E-state index is 11.7. The van der Waals surface area contributed by atoms with Gasteiger partial charge in [-0.2, -0.15) is 0 Å². The molecule has 72 valence electrons. The second kappa shape index (κ2) is 5.19. The molecule has 0 aliphatic carbocycles. The summed E-state index contributed by atoms with van der Waals surface area (Å²) < 4.78 is 38.9. The summed E-state index contributed by atoms with van der Waals surface area (Å²) in [6.07, 6.45) is -1.21. The number of ether oxygens (including phenoxy) is 1. The first-order valence-electron chi connectivity index (χ1n) is 3.85. The maximum Gasteiger partial charge on any atom is 0.522 e. The molecule has 0 saturated heterocycles. The van der Waals surface area contributed by atoms with Crippen LogP contribution in [0.2, 0.25) is 0 Å². The van der Waals surface area contributed by atoms with Crippen LogP contribution in [-0.4, -0.2) is 12.5 Å². The quantitative estimate of drug-likeness (QED) is 0.606. The van der Waals surface area contributed by atoms with Crippen LogP contribution in [0.4, 0.5) is 13.2 Å². The Morgan fingerprint density at radius 2 is 2.00 bits per heavy atom. The van der Waals surface area contributed by atoms with Crippen LogP contribution in [0.1, 0.15) is 26.7 Å². The van der Waals surface area contributed by atoms with Crippen molar-refractivity contribution in [2.24, 2.45) is 0 Å². The van der Waals surface area contributed by atoms with Crippen LogP contribution < -0.4 is 0 Å². The summed E-state index contributed by atoms with van der Waals surface area (Å²) in [6.45, 7) is 3.43. The highest BCUT2D eigenvalue weighted by Gasteiger charge is 2.32. The Morgan fingerprint density at radius 1 is 1.42 bits per heavy atom. The minimum absolute atomic E-state index is 0.312. The summed E-state index contributed by atoms with van der Waals surface area (Å²) in [7, 11) is 0. The average molecular weight is 182 g/mol. The summed E-state index contributed by atoms with van der Waals surface area (Å²) in [4.78, 5) is 0. The minimum atomic E-state index is -4.51. The highest BCUT2D eigenvalue weighted by atomic mass is 19.4. The van der Waals surface area contributed by atoms with Crippen molar-refractivity contribution in [2.45, 2.75) is 39.2 Å². The normalized spacial score (nSPS) is 15.4. The van der Waals surface area contributed by atoms with Crippen molar-refractivity contribution in [3.8, 4) is 0 Å². The molecule has 0 aliphatic heterocycles. The molecule has 12 heavy (non-hydrogen) atoms. The second-order valence-electron chi connectivity index (χ2n) is 2.40. The first kappa shape index (κ1) is 11.5. The van der Waals surface area contributed by atoms with E-state index in [9.17, 15) is 13.2 Å². The molecule has 0 aromatic rings. The second-order valence-corrected chi connectivity index (χ2v) is 2.40.